The van der Waals surface area contributed by atoms with Gasteiger partial charge in [-0.1, -0.05) is 13.3 Å². The zero-order valence-corrected chi connectivity index (χ0v) is 12.4. The second-order valence-electron chi connectivity index (χ2n) is 5.37. The van der Waals surface area contributed by atoms with E-state index in [1.54, 1.807) is 0 Å². The molecular formula is C14H27N3O3. The normalized spacial score (nSPS) is 17.6. The van der Waals surface area contributed by atoms with Crippen molar-refractivity contribution in [3.05, 3.63) is 0 Å². The average Bonchev–Trinajstić information content (AvgIpc) is 2.43. The van der Waals surface area contributed by atoms with E-state index in [2.05, 4.69) is 22.5 Å². The number of carboxylic acids is 1. The molecule has 1 aliphatic heterocycles. The summed E-state index contributed by atoms with van der Waals surface area (Å²) >= 11 is 0. The molecule has 1 atom stereocenters. The minimum atomic E-state index is -0.744. The molecule has 1 fully saturated rings. The first kappa shape index (κ1) is 16.9. The van der Waals surface area contributed by atoms with Gasteiger partial charge in [0.15, 0.2) is 0 Å². The van der Waals surface area contributed by atoms with Crippen molar-refractivity contribution in [1.82, 2.24) is 15.5 Å². The molecular weight excluding hydrogens is 258 g/mol. The van der Waals surface area contributed by atoms with Gasteiger partial charge in [-0.15, -0.1) is 0 Å². The van der Waals surface area contributed by atoms with Crippen molar-refractivity contribution in [1.29, 1.82) is 0 Å². The van der Waals surface area contributed by atoms with Crippen molar-refractivity contribution in [2.24, 2.45) is 5.92 Å². The summed E-state index contributed by atoms with van der Waals surface area (Å²) in [6, 6.07) is 0. The summed E-state index contributed by atoms with van der Waals surface area (Å²) in [6.45, 7) is 6.90. The van der Waals surface area contributed by atoms with Gasteiger partial charge in [0.1, 0.15) is 0 Å². The summed E-state index contributed by atoms with van der Waals surface area (Å²) < 4.78 is 0. The van der Waals surface area contributed by atoms with E-state index in [1.165, 1.54) is 0 Å². The molecule has 0 aliphatic carbocycles. The number of nitrogens with zero attached hydrogens (tertiary/aromatic N) is 1. The van der Waals surface area contributed by atoms with Crippen LogP contribution in [-0.2, 0) is 9.59 Å². The minimum absolute atomic E-state index is 0.0694. The maximum absolute atomic E-state index is 11.8. The summed E-state index contributed by atoms with van der Waals surface area (Å²) in [5.74, 6) is -0.295. The summed E-state index contributed by atoms with van der Waals surface area (Å²) in [6.07, 6.45) is 2.73. The van der Waals surface area contributed by atoms with Crippen LogP contribution in [0.25, 0.3) is 0 Å². The quantitative estimate of drug-likeness (QED) is 0.567. The molecule has 3 N–H and O–H groups in total. The smallest absolute Gasteiger partial charge is 0.303 e. The van der Waals surface area contributed by atoms with Gasteiger partial charge in [-0.05, 0) is 18.8 Å². The molecule has 6 nitrogen and oxygen atoms in total. The third-order valence-electron chi connectivity index (χ3n) is 3.80. The Labute approximate surface area is 120 Å². The number of carbonyl (C=O) groups is 2. The molecule has 0 aromatic heterocycles. The molecule has 0 saturated carbocycles. The van der Waals surface area contributed by atoms with Crippen molar-refractivity contribution in [2.45, 2.75) is 32.6 Å². The summed E-state index contributed by atoms with van der Waals surface area (Å²) in [7, 11) is 0. The number of hydrogen-bond donors (Lipinski definition) is 3. The van der Waals surface area contributed by atoms with E-state index in [0.29, 0.717) is 25.4 Å². The highest BCUT2D eigenvalue weighted by molar-refractivity contribution is 5.77. The average molecular weight is 285 g/mol. The summed E-state index contributed by atoms with van der Waals surface area (Å²) in [5.41, 5.74) is 0. The Bertz CT molecular complexity index is 304. The highest BCUT2D eigenvalue weighted by atomic mass is 16.4. The van der Waals surface area contributed by atoms with Gasteiger partial charge in [0.25, 0.3) is 0 Å². The van der Waals surface area contributed by atoms with Crippen LogP contribution in [0.2, 0.25) is 0 Å². The fourth-order valence-corrected chi connectivity index (χ4v) is 2.42. The van der Waals surface area contributed by atoms with Crippen molar-refractivity contribution < 1.29 is 14.7 Å². The molecule has 20 heavy (non-hydrogen) atoms. The molecule has 6 heteroatoms. The summed E-state index contributed by atoms with van der Waals surface area (Å²) in [5, 5.41) is 14.9. The largest absolute Gasteiger partial charge is 0.481 e. The fraction of sp³-hybridized carbons (Fsp3) is 0.857. The standard InChI is InChI=1S/C14H27N3O3/c1-2-12(3-4-14(19)20)5-6-16-13(18)11-17-9-7-15-8-10-17/h12,15H,2-11H2,1H3,(H,16,18)(H,19,20). The predicted molar refractivity (Wildman–Crippen MR) is 77.6 cm³/mol. The predicted octanol–water partition coefficient (Wildman–Crippen LogP) is 0.289. The van der Waals surface area contributed by atoms with Gasteiger partial charge in [0, 0.05) is 39.1 Å². The molecule has 116 valence electrons. The molecule has 1 rings (SSSR count). The van der Waals surface area contributed by atoms with Gasteiger partial charge < -0.3 is 15.7 Å². The van der Waals surface area contributed by atoms with Crippen LogP contribution in [0.4, 0.5) is 0 Å². The Morgan fingerprint density at radius 2 is 2.00 bits per heavy atom. The number of rotatable bonds is 9. The van der Waals surface area contributed by atoms with E-state index in [9.17, 15) is 9.59 Å². The van der Waals surface area contributed by atoms with Crippen LogP contribution in [-0.4, -0.2) is 61.2 Å². The van der Waals surface area contributed by atoms with Crippen LogP contribution in [0.15, 0.2) is 0 Å². The van der Waals surface area contributed by atoms with Crippen LogP contribution in [0, 0.1) is 5.92 Å². The maximum Gasteiger partial charge on any atom is 0.303 e. The molecule has 0 radical (unpaired) electrons. The fourth-order valence-electron chi connectivity index (χ4n) is 2.42. The highest BCUT2D eigenvalue weighted by Crippen LogP contribution is 2.14. The number of carbonyl (C=O) groups excluding carboxylic acids is 1. The van der Waals surface area contributed by atoms with Crippen LogP contribution in [0.1, 0.15) is 32.6 Å². The van der Waals surface area contributed by atoms with Gasteiger partial charge in [0.2, 0.25) is 5.91 Å². The maximum atomic E-state index is 11.8. The Balaban J connectivity index is 2.11. The number of amides is 1. The zero-order chi connectivity index (χ0) is 14.8. The first-order valence-corrected chi connectivity index (χ1v) is 7.53. The van der Waals surface area contributed by atoms with E-state index in [4.69, 9.17) is 5.11 Å². The van der Waals surface area contributed by atoms with Crippen LogP contribution in [0.3, 0.4) is 0 Å². The van der Waals surface area contributed by atoms with E-state index >= 15 is 0 Å². The molecule has 0 aromatic carbocycles. The molecule has 1 heterocycles. The lowest BCUT2D eigenvalue weighted by Gasteiger charge is -2.26. The summed E-state index contributed by atoms with van der Waals surface area (Å²) in [4.78, 5) is 24.5. The molecule has 1 aliphatic rings. The SMILES string of the molecule is CCC(CCNC(=O)CN1CCNCC1)CCC(=O)O. The first-order valence-electron chi connectivity index (χ1n) is 7.53. The van der Waals surface area contributed by atoms with E-state index in [1.807, 2.05) is 0 Å². The molecule has 0 bridgehead atoms. The molecule has 1 amide bonds. The third kappa shape index (κ3) is 7.45. The van der Waals surface area contributed by atoms with E-state index in [0.717, 1.165) is 39.0 Å². The third-order valence-corrected chi connectivity index (χ3v) is 3.80. The Kier molecular flexibility index (Phi) is 8.22. The lowest BCUT2D eigenvalue weighted by Crippen LogP contribution is -2.47. The lowest BCUT2D eigenvalue weighted by molar-refractivity contribution is -0.137. The van der Waals surface area contributed by atoms with Gasteiger partial charge in [0.05, 0.1) is 6.54 Å². The topological polar surface area (TPSA) is 81.7 Å². The Morgan fingerprint density at radius 1 is 1.30 bits per heavy atom. The number of nitrogens with one attached hydrogen (secondary N) is 2. The minimum Gasteiger partial charge on any atom is -0.481 e. The van der Waals surface area contributed by atoms with E-state index in [-0.39, 0.29) is 12.3 Å². The molecule has 1 saturated heterocycles. The van der Waals surface area contributed by atoms with Crippen molar-refractivity contribution in [2.75, 3.05) is 39.3 Å². The number of aliphatic carboxylic acids is 1. The Hall–Kier alpha value is -1.14. The lowest BCUT2D eigenvalue weighted by atomic mass is 9.97. The van der Waals surface area contributed by atoms with Crippen LogP contribution < -0.4 is 10.6 Å². The second kappa shape index (κ2) is 9.72. The van der Waals surface area contributed by atoms with Crippen molar-refractivity contribution in [3.8, 4) is 0 Å². The van der Waals surface area contributed by atoms with Gasteiger partial charge in [-0.2, -0.15) is 0 Å². The number of carboxylic acid groups (broad SMARTS) is 1. The van der Waals surface area contributed by atoms with Crippen molar-refractivity contribution in [3.63, 3.8) is 0 Å². The van der Waals surface area contributed by atoms with Gasteiger partial charge in [-0.25, -0.2) is 0 Å². The number of piperazine rings is 1. The molecule has 0 aromatic rings. The molecule has 0 spiro atoms. The first-order chi connectivity index (χ1) is 9.61. The van der Waals surface area contributed by atoms with Crippen molar-refractivity contribution >= 4 is 11.9 Å². The second-order valence-corrected chi connectivity index (χ2v) is 5.37. The Morgan fingerprint density at radius 3 is 2.60 bits per heavy atom. The zero-order valence-electron chi connectivity index (χ0n) is 12.4. The molecule has 1 unspecified atom stereocenters. The van der Waals surface area contributed by atoms with Crippen LogP contribution in [0.5, 0.6) is 0 Å². The van der Waals surface area contributed by atoms with E-state index < -0.39 is 5.97 Å². The highest BCUT2D eigenvalue weighted by Gasteiger charge is 2.14. The van der Waals surface area contributed by atoms with Gasteiger partial charge in [-0.3, -0.25) is 14.5 Å². The number of hydrogen-bond acceptors (Lipinski definition) is 4. The van der Waals surface area contributed by atoms with Gasteiger partial charge >= 0.3 is 5.97 Å². The van der Waals surface area contributed by atoms with Crippen LogP contribution >= 0.6 is 0 Å². The monoisotopic (exact) mass is 285 g/mol.